The van der Waals surface area contributed by atoms with E-state index in [0.717, 1.165) is 4.47 Å². The Morgan fingerprint density at radius 3 is 2.67 bits per heavy atom. The van der Waals surface area contributed by atoms with Gasteiger partial charge in [0, 0.05) is 10.0 Å². The summed E-state index contributed by atoms with van der Waals surface area (Å²) in [5.41, 5.74) is 3.51. The molecule has 0 spiro atoms. The van der Waals surface area contributed by atoms with Crippen molar-refractivity contribution in [2.45, 2.75) is 0 Å². The number of hydrogen-bond donors (Lipinski definition) is 3. The summed E-state index contributed by atoms with van der Waals surface area (Å²) in [4.78, 5) is 25.2. The molecule has 1 aromatic heterocycles. The van der Waals surface area contributed by atoms with Crippen molar-refractivity contribution in [2.75, 3.05) is 5.32 Å². The first kappa shape index (κ1) is 18.8. The fraction of sp³-hybridized carbons (Fsp3) is 0. The summed E-state index contributed by atoms with van der Waals surface area (Å²) in [6.45, 7) is 0. The van der Waals surface area contributed by atoms with Crippen molar-refractivity contribution >= 4 is 51.0 Å². The van der Waals surface area contributed by atoms with Gasteiger partial charge in [0.05, 0.1) is 22.3 Å². The molecule has 136 valence electrons. The van der Waals surface area contributed by atoms with Gasteiger partial charge in [-0.15, -0.1) is 11.3 Å². The Labute approximate surface area is 167 Å². The van der Waals surface area contributed by atoms with Crippen molar-refractivity contribution in [3.63, 3.8) is 0 Å². The minimum atomic E-state index is -0.484. The van der Waals surface area contributed by atoms with Crippen molar-refractivity contribution in [3.05, 3.63) is 80.5 Å². The molecular formula is C19H14BrN3O3S. The predicted octanol–water partition coefficient (Wildman–Crippen LogP) is 4.23. The SMILES string of the molecule is O=C(Nc1ccccc1C(=O)N/N=C\c1cc(Br)ccc1O)c1cccs1. The van der Waals surface area contributed by atoms with E-state index >= 15 is 0 Å². The van der Waals surface area contributed by atoms with E-state index in [1.807, 2.05) is 0 Å². The molecule has 8 heteroatoms. The van der Waals surface area contributed by atoms with Crippen LogP contribution in [0.2, 0.25) is 0 Å². The van der Waals surface area contributed by atoms with Crippen LogP contribution in [0.25, 0.3) is 0 Å². The number of rotatable bonds is 5. The number of phenolic OH excluding ortho intramolecular Hbond substituents is 1. The number of hydrazone groups is 1. The van der Waals surface area contributed by atoms with E-state index in [1.165, 1.54) is 23.6 Å². The molecule has 0 aliphatic carbocycles. The van der Waals surface area contributed by atoms with Crippen LogP contribution in [0.15, 0.2) is 69.6 Å². The third-order valence-electron chi connectivity index (χ3n) is 3.52. The van der Waals surface area contributed by atoms with E-state index in [2.05, 4.69) is 31.8 Å². The van der Waals surface area contributed by atoms with Gasteiger partial charge < -0.3 is 10.4 Å². The Kier molecular flexibility index (Phi) is 6.00. The Hall–Kier alpha value is -2.97. The third kappa shape index (κ3) is 4.81. The smallest absolute Gasteiger partial charge is 0.273 e. The lowest BCUT2D eigenvalue weighted by molar-refractivity contribution is 0.0956. The van der Waals surface area contributed by atoms with Crippen molar-refractivity contribution in [1.29, 1.82) is 0 Å². The second kappa shape index (κ2) is 8.61. The van der Waals surface area contributed by atoms with Crippen LogP contribution < -0.4 is 10.7 Å². The minimum Gasteiger partial charge on any atom is -0.507 e. The highest BCUT2D eigenvalue weighted by atomic mass is 79.9. The molecule has 0 atom stereocenters. The number of hydrogen-bond acceptors (Lipinski definition) is 5. The summed E-state index contributed by atoms with van der Waals surface area (Å²) in [6, 6.07) is 15.0. The zero-order chi connectivity index (χ0) is 19.2. The van der Waals surface area contributed by atoms with E-state index in [9.17, 15) is 14.7 Å². The fourth-order valence-electron chi connectivity index (χ4n) is 2.23. The van der Waals surface area contributed by atoms with E-state index in [0.29, 0.717) is 16.1 Å². The average Bonchev–Trinajstić information content (AvgIpc) is 3.20. The number of halogens is 1. The molecule has 3 N–H and O–H groups in total. The number of carbonyl (C=O) groups is 2. The Morgan fingerprint density at radius 1 is 1.07 bits per heavy atom. The van der Waals surface area contributed by atoms with Crippen LogP contribution in [0, 0.1) is 0 Å². The summed E-state index contributed by atoms with van der Waals surface area (Å²) in [5.74, 6) is -0.726. The molecule has 6 nitrogen and oxygen atoms in total. The summed E-state index contributed by atoms with van der Waals surface area (Å²) < 4.78 is 0.773. The number of anilines is 1. The number of benzene rings is 2. The van der Waals surface area contributed by atoms with Gasteiger partial charge in [0.15, 0.2) is 0 Å². The maximum Gasteiger partial charge on any atom is 0.273 e. The molecular weight excluding hydrogens is 430 g/mol. The first-order valence-corrected chi connectivity index (χ1v) is 9.47. The second-order valence-corrected chi connectivity index (χ2v) is 7.24. The molecule has 0 aliphatic heterocycles. The molecule has 27 heavy (non-hydrogen) atoms. The van der Waals surface area contributed by atoms with Crippen molar-refractivity contribution in [1.82, 2.24) is 5.43 Å². The highest BCUT2D eigenvalue weighted by molar-refractivity contribution is 9.10. The largest absolute Gasteiger partial charge is 0.507 e. The monoisotopic (exact) mass is 443 g/mol. The Bertz CT molecular complexity index is 1000. The number of nitrogens with one attached hydrogen (secondary N) is 2. The number of carbonyl (C=O) groups excluding carboxylic acids is 2. The average molecular weight is 444 g/mol. The van der Waals surface area contributed by atoms with Gasteiger partial charge in [0.2, 0.25) is 0 Å². The Morgan fingerprint density at radius 2 is 1.89 bits per heavy atom. The Balaban J connectivity index is 1.72. The summed E-state index contributed by atoms with van der Waals surface area (Å²) in [6.07, 6.45) is 1.34. The highest BCUT2D eigenvalue weighted by Crippen LogP contribution is 2.20. The zero-order valence-electron chi connectivity index (χ0n) is 13.8. The van der Waals surface area contributed by atoms with E-state index in [1.54, 1.807) is 53.9 Å². The maximum absolute atomic E-state index is 12.4. The van der Waals surface area contributed by atoms with Gasteiger partial charge in [-0.1, -0.05) is 34.1 Å². The third-order valence-corrected chi connectivity index (χ3v) is 4.89. The molecule has 0 fully saturated rings. The lowest BCUT2D eigenvalue weighted by Gasteiger charge is -2.09. The first-order chi connectivity index (χ1) is 13.0. The van der Waals surface area contributed by atoms with Gasteiger partial charge in [0.25, 0.3) is 11.8 Å². The van der Waals surface area contributed by atoms with Gasteiger partial charge >= 0.3 is 0 Å². The molecule has 2 amide bonds. The first-order valence-electron chi connectivity index (χ1n) is 7.80. The number of nitrogens with zero attached hydrogens (tertiary/aromatic N) is 1. The fourth-order valence-corrected chi connectivity index (χ4v) is 3.23. The maximum atomic E-state index is 12.4. The molecule has 0 saturated carbocycles. The lowest BCUT2D eigenvalue weighted by atomic mass is 10.1. The molecule has 0 bridgehead atoms. The lowest BCUT2D eigenvalue weighted by Crippen LogP contribution is -2.21. The highest BCUT2D eigenvalue weighted by Gasteiger charge is 2.14. The molecule has 0 aliphatic rings. The van der Waals surface area contributed by atoms with Crippen LogP contribution in [-0.4, -0.2) is 23.1 Å². The number of amides is 2. The molecule has 0 unspecified atom stereocenters. The second-order valence-electron chi connectivity index (χ2n) is 5.38. The van der Waals surface area contributed by atoms with Crippen LogP contribution in [0.3, 0.4) is 0 Å². The minimum absolute atomic E-state index is 0.0415. The van der Waals surface area contributed by atoms with Gasteiger partial charge in [0.1, 0.15) is 5.75 Å². The molecule has 3 aromatic rings. The topological polar surface area (TPSA) is 90.8 Å². The molecule has 3 rings (SSSR count). The summed E-state index contributed by atoms with van der Waals surface area (Å²) in [7, 11) is 0. The van der Waals surface area contributed by atoms with E-state index < -0.39 is 5.91 Å². The molecule has 2 aromatic carbocycles. The number of para-hydroxylation sites is 1. The van der Waals surface area contributed by atoms with Crippen LogP contribution in [-0.2, 0) is 0 Å². The van der Waals surface area contributed by atoms with Crippen molar-refractivity contribution in [2.24, 2.45) is 5.10 Å². The molecule has 1 heterocycles. The molecule has 0 saturated heterocycles. The summed E-state index contributed by atoms with van der Waals surface area (Å²) in [5, 5.41) is 18.2. The van der Waals surface area contributed by atoms with Crippen molar-refractivity contribution in [3.8, 4) is 5.75 Å². The quantitative estimate of drug-likeness (QED) is 0.406. The molecule has 0 radical (unpaired) electrons. The van der Waals surface area contributed by atoms with Gasteiger partial charge in [-0.05, 0) is 41.8 Å². The number of thiophene rings is 1. The number of phenols is 1. The normalized spacial score (nSPS) is 10.7. The standard InChI is InChI=1S/C19H14BrN3O3S/c20-13-7-8-16(24)12(10-13)11-21-23-18(25)14-4-1-2-5-15(14)22-19(26)17-6-3-9-27-17/h1-11,24H,(H,22,26)(H,23,25)/b21-11-. The number of aromatic hydroxyl groups is 1. The van der Waals surface area contributed by atoms with Crippen LogP contribution in [0.1, 0.15) is 25.6 Å². The van der Waals surface area contributed by atoms with Gasteiger partial charge in [-0.3, -0.25) is 9.59 Å². The van der Waals surface area contributed by atoms with Crippen LogP contribution >= 0.6 is 27.3 Å². The van der Waals surface area contributed by atoms with Crippen molar-refractivity contribution < 1.29 is 14.7 Å². The van der Waals surface area contributed by atoms with Gasteiger partial charge in [-0.25, -0.2) is 5.43 Å². The van der Waals surface area contributed by atoms with E-state index in [4.69, 9.17) is 0 Å². The van der Waals surface area contributed by atoms with E-state index in [-0.39, 0.29) is 17.2 Å². The van der Waals surface area contributed by atoms with Gasteiger partial charge in [-0.2, -0.15) is 5.10 Å². The van der Waals surface area contributed by atoms with Crippen LogP contribution in [0.5, 0.6) is 5.75 Å². The van der Waals surface area contributed by atoms with Crippen LogP contribution in [0.4, 0.5) is 5.69 Å². The zero-order valence-corrected chi connectivity index (χ0v) is 16.3. The summed E-state index contributed by atoms with van der Waals surface area (Å²) >= 11 is 4.62. The predicted molar refractivity (Wildman–Crippen MR) is 110 cm³/mol.